The van der Waals surface area contributed by atoms with Crippen molar-refractivity contribution in [2.75, 3.05) is 50.7 Å². The molecule has 2 N–H and O–H groups in total. The van der Waals surface area contributed by atoms with E-state index in [2.05, 4.69) is 43.6 Å². The summed E-state index contributed by atoms with van der Waals surface area (Å²) in [5, 5.41) is 3.70. The van der Waals surface area contributed by atoms with Crippen LogP contribution in [0.3, 0.4) is 0 Å². The molecule has 3 amide bonds. The van der Waals surface area contributed by atoms with E-state index in [1.165, 1.54) is 11.1 Å². The highest BCUT2D eigenvalue weighted by atomic mass is 35.5. The molecule has 0 unspecified atom stereocenters. The summed E-state index contributed by atoms with van der Waals surface area (Å²) in [6.45, 7) is 5.44. The molecule has 51 heavy (non-hydrogen) atoms. The van der Waals surface area contributed by atoms with Crippen LogP contribution in [-0.4, -0.2) is 74.1 Å². The molecule has 8 rings (SSSR count). The first-order valence-corrected chi connectivity index (χ1v) is 20.6. The Morgan fingerprint density at radius 1 is 1.14 bits per heavy atom. The van der Waals surface area contributed by atoms with Crippen molar-refractivity contribution in [2.45, 2.75) is 75.9 Å². The Morgan fingerprint density at radius 2 is 1.98 bits per heavy atom. The monoisotopic (exact) mass is 736 g/mol. The van der Waals surface area contributed by atoms with Crippen LogP contribution in [0, 0.1) is 23.2 Å². The van der Waals surface area contributed by atoms with Crippen molar-refractivity contribution in [1.82, 2.24) is 10.0 Å². The Labute approximate surface area is 306 Å². The van der Waals surface area contributed by atoms with Gasteiger partial charge in [-0.25, -0.2) is 9.00 Å². The Kier molecular flexibility index (Phi) is 9.38. The van der Waals surface area contributed by atoms with Crippen molar-refractivity contribution in [3.63, 3.8) is 0 Å². The number of aryl methyl sites for hydroxylation is 1. The minimum Gasteiger partial charge on any atom is -0.490 e. The molecule has 0 aromatic heterocycles. The van der Waals surface area contributed by atoms with Crippen molar-refractivity contribution in [3.05, 3.63) is 70.3 Å². The number of benzene rings is 2. The molecule has 3 aliphatic carbocycles. The number of nitrogens with one attached hydrogen (secondary N) is 2. The van der Waals surface area contributed by atoms with E-state index in [0.717, 1.165) is 82.0 Å². The van der Waals surface area contributed by atoms with E-state index in [1.807, 2.05) is 25.1 Å². The summed E-state index contributed by atoms with van der Waals surface area (Å²) in [5.74, 6) is 0.759. The van der Waals surface area contributed by atoms with E-state index >= 15 is 0 Å². The van der Waals surface area contributed by atoms with Gasteiger partial charge >= 0.3 is 6.03 Å². The lowest BCUT2D eigenvalue weighted by Crippen LogP contribution is -2.61. The summed E-state index contributed by atoms with van der Waals surface area (Å²) >= 11 is 6.46. The quantitative estimate of drug-likeness (QED) is 0.348. The molecule has 2 bridgehead atoms. The topological polar surface area (TPSA) is 119 Å². The normalized spacial score (nSPS) is 33.5. The minimum atomic E-state index is -3.47. The van der Waals surface area contributed by atoms with Crippen molar-refractivity contribution in [2.24, 2.45) is 27.5 Å². The van der Waals surface area contributed by atoms with Gasteiger partial charge in [0.05, 0.1) is 37.4 Å². The van der Waals surface area contributed by atoms with Crippen LogP contribution in [0.25, 0.3) is 0 Å². The molecule has 3 aliphatic heterocycles. The zero-order valence-corrected chi connectivity index (χ0v) is 31.1. The van der Waals surface area contributed by atoms with E-state index in [9.17, 15) is 13.8 Å². The summed E-state index contributed by atoms with van der Waals surface area (Å²) in [6, 6.07) is 11.1. The lowest BCUT2D eigenvalue weighted by atomic mass is 9.64. The maximum Gasteiger partial charge on any atom is 0.327 e. The van der Waals surface area contributed by atoms with Crippen LogP contribution in [0.15, 0.2) is 52.9 Å². The minimum absolute atomic E-state index is 0.0209. The molecule has 2 aromatic rings. The second kappa shape index (κ2) is 13.7. The Balaban J connectivity index is 1.14. The molecule has 6 atom stereocenters. The number of nitrogens with zero attached hydrogens (tertiary/aromatic N) is 2. The number of anilines is 1. The second-order valence-corrected chi connectivity index (χ2v) is 18.6. The van der Waals surface area contributed by atoms with Crippen LogP contribution in [0.1, 0.15) is 73.4 Å². The number of rotatable bonds is 3. The average molecular weight is 737 g/mol. The molecule has 3 heterocycles. The lowest BCUT2D eigenvalue weighted by Gasteiger charge is -2.53. The zero-order chi connectivity index (χ0) is 35.4. The number of ether oxygens (including phenoxy) is 3. The van der Waals surface area contributed by atoms with Crippen LogP contribution in [0.2, 0.25) is 5.02 Å². The number of amides is 3. The van der Waals surface area contributed by atoms with E-state index < -0.39 is 21.9 Å². The number of methoxy groups -OCH3 is 1. The maximum atomic E-state index is 14.5. The molecule has 2 spiro atoms. The van der Waals surface area contributed by atoms with Crippen molar-refractivity contribution in [1.29, 1.82) is 0 Å². The molecule has 6 aliphatic rings. The number of fused-ring (bicyclic) bond motifs is 4. The van der Waals surface area contributed by atoms with Gasteiger partial charge in [-0.05, 0) is 111 Å². The third kappa shape index (κ3) is 6.91. The van der Waals surface area contributed by atoms with Gasteiger partial charge in [-0.15, -0.1) is 4.36 Å². The first-order valence-electron chi connectivity index (χ1n) is 18.5. The highest BCUT2D eigenvalue weighted by Crippen LogP contribution is 2.48. The van der Waals surface area contributed by atoms with E-state index in [-0.39, 0.29) is 34.6 Å². The summed E-state index contributed by atoms with van der Waals surface area (Å²) in [5.41, 5.74) is 3.62. The average Bonchev–Trinajstić information content (AvgIpc) is 3.19. The van der Waals surface area contributed by atoms with Crippen molar-refractivity contribution in [3.8, 4) is 5.75 Å². The molecule has 2 saturated carbocycles. The van der Waals surface area contributed by atoms with Crippen LogP contribution in [0.5, 0.6) is 5.75 Å². The summed E-state index contributed by atoms with van der Waals surface area (Å²) in [4.78, 5) is 29.6. The number of halogens is 1. The van der Waals surface area contributed by atoms with Crippen molar-refractivity contribution >= 4 is 39.1 Å². The summed E-state index contributed by atoms with van der Waals surface area (Å²) in [7, 11) is -1.70. The maximum absolute atomic E-state index is 14.5. The predicted octanol–water partition coefficient (Wildman–Crippen LogP) is 6.45. The second-order valence-electron chi connectivity index (χ2n) is 16.1. The largest absolute Gasteiger partial charge is 0.490 e. The molecule has 274 valence electrons. The number of carbonyl (C=O) groups excluding carboxylic acids is 2. The molecular formula is C39H49ClN4O6S. The summed E-state index contributed by atoms with van der Waals surface area (Å²) in [6.07, 6.45) is 11.6. The van der Waals surface area contributed by atoms with Crippen LogP contribution in [0.4, 0.5) is 10.5 Å². The van der Waals surface area contributed by atoms with Gasteiger partial charge in [0, 0.05) is 47.7 Å². The number of carbonyl (C=O) groups is 2. The van der Waals surface area contributed by atoms with Crippen LogP contribution < -0.4 is 19.7 Å². The smallest absolute Gasteiger partial charge is 0.327 e. The molecule has 3 fully saturated rings. The molecule has 0 radical (unpaired) electrons. The van der Waals surface area contributed by atoms with E-state index in [4.69, 9.17) is 25.8 Å². The number of hydrogen-bond acceptors (Lipinski definition) is 7. The molecule has 12 heteroatoms. The van der Waals surface area contributed by atoms with Gasteiger partial charge < -0.3 is 24.4 Å². The number of allylic oxidation sites excluding steroid dienone is 1. The van der Waals surface area contributed by atoms with Gasteiger partial charge in [0.2, 0.25) is 0 Å². The van der Waals surface area contributed by atoms with Crippen LogP contribution >= 0.6 is 11.6 Å². The number of urea groups is 1. The van der Waals surface area contributed by atoms with Gasteiger partial charge in [-0.3, -0.25) is 9.52 Å². The summed E-state index contributed by atoms with van der Waals surface area (Å²) < 4.78 is 39.5. The van der Waals surface area contributed by atoms with Gasteiger partial charge in [-0.2, -0.15) is 0 Å². The fraction of sp³-hybridized carbons (Fsp3) is 0.590. The van der Waals surface area contributed by atoms with Crippen LogP contribution in [-0.2, 0) is 31.2 Å². The van der Waals surface area contributed by atoms with Crippen molar-refractivity contribution < 1.29 is 28.0 Å². The highest BCUT2D eigenvalue weighted by Gasteiger charge is 2.50. The fourth-order valence-corrected chi connectivity index (χ4v) is 11.5. The first kappa shape index (κ1) is 34.9. The van der Waals surface area contributed by atoms with E-state index in [1.54, 1.807) is 13.2 Å². The van der Waals surface area contributed by atoms with Gasteiger partial charge in [-0.1, -0.05) is 36.7 Å². The molecule has 1 saturated heterocycles. The van der Waals surface area contributed by atoms with E-state index in [0.29, 0.717) is 36.2 Å². The van der Waals surface area contributed by atoms with Gasteiger partial charge in [0.25, 0.3) is 5.91 Å². The highest BCUT2D eigenvalue weighted by molar-refractivity contribution is 7.92. The standard InChI is InChI=1S/C39H49ClN4O6S/c1-25-5-3-7-34(48-2)31-11-8-28(31)19-44-21-39(14-4-6-26-15-29(40)10-12-32(26)39)24-50-35-13-9-27(16-33(35)44)36(45)42-51(47,20-25)43-37(46)41-30-17-38(18-30)22-49-23-38/h3,7,9-10,12-13,15-16,25,28,30-31,34H,4-6,8,11,14,17-24H2,1-2H3,(H2,41,42,43,45,46,47)/b7-3+/t25-,28-,31+,34-,39-,51-/m0/s1. The first-order chi connectivity index (χ1) is 24.5. The SMILES string of the molecule is CO[C@H]1/C=C/C[C@H](C)C[S@@](=O)(NC(=O)NC2CC3(COC3)C2)=NC(=O)c2ccc3c(c2)N(C[C@@H]2CC[C@H]21)C[C@@]1(CCCc2cc(Cl)ccc21)CO3. The molecular weight excluding hydrogens is 688 g/mol. The Bertz CT molecular complexity index is 1850. The third-order valence-electron chi connectivity index (χ3n) is 12.3. The lowest BCUT2D eigenvalue weighted by molar-refractivity contribution is -0.165. The zero-order valence-electron chi connectivity index (χ0n) is 29.5. The van der Waals surface area contributed by atoms with Gasteiger partial charge in [0.15, 0.2) is 0 Å². The van der Waals surface area contributed by atoms with Gasteiger partial charge in [0.1, 0.15) is 15.7 Å². The Hall–Kier alpha value is -3.12. The third-order valence-corrected chi connectivity index (χ3v) is 14.5. The molecule has 10 nitrogen and oxygen atoms in total. The molecule has 2 aromatic carbocycles. The number of hydrogen-bond donors (Lipinski definition) is 2. The fourth-order valence-electron chi connectivity index (χ4n) is 9.44. The Morgan fingerprint density at radius 3 is 2.73 bits per heavy atom. The predicted molar refractivity (Wildman–Crippen MR) is 198 cm³/mol.